The molecule has 6 heteroatoms. The van der Waals surface area contributed by atoms with E-state index < -0.39 is 0 Å². The number of benzene rings is 2. The smallest absolute Gasteiger partial charge is 0.223 e. The summed E-state index contributed by atoms with van der Waals surface area (Å²) in [5, 5.41) is 0. The Bertz CT molecular complexity index is 846. The van der Waals surface area contributed by atoms with Crippen LogP contribution in [-0.2, 0) is 11.3 Å². The topological polar surface area (TPSA) is 55.8 Å². The van der Waals surface area contributed by atoms with Crippen molar-refractivity contribution in [2.45, 2.75) is 38.3 Å². The fourth-order valence-corrected chi connectivity index (χ4v) is 3.40. The first-order valence-electron chi connectivity index (χ1n) is 9.31. The van der Waals surface area contributed by atoms with Gasteiger partial charge in [0, 0.05) is 41.0 Å². The predicted molar refractivity (Wildman–Crippen MR) is 111 cm³/mol. The number of amides is 1. The van der Waals surface area contributed by atoms with Crippen LogP contribution in [0.3, 0.4) is 0 Å². The van der Waals surface area contributed by atoms with Gasteiger partial charge in [-0.2, -0.15) is 0 Å². The lowest BCUT2D eigenvalue weighted by Gasteiger charge is -2.24. The number of nitrogens with zero attached hydrogens (tertiary/aromatic N) is 1. The van der Waals surface area contributed by atoms with Crippen molar-refractivity contribution in [3.63, 3.8) is 0 Å². The molecule has 0 atom stereocenters. The monoisotopic (exact) mass is 445 g/mol. The highest BCUT2D eigenvalue weighted by Gasteiger charge is 2.33. The minimum Gasteiger partial charge on any atom is -0.497 e. The van der Waals surface area contributed by atoms with E-state index >= 15 is 0 Å². The van der Waals surface area contributed by atoms with Gasteiger partial charge in [0.05, 0.1) is 14.2 Å². The Kier molecular flexibility index (Phi) is 6.73. The zero-order chi connectivity index (χ0) is 20.1. The minimum absolute atomic E-state index is 0.00200. The molecule has 0 aromatic heterocycles. The molecule has 1 amide bonds. The number of ketones is 1. The molecule has 0 heterocycles. The first-order valence-corrected chi connectivity index (χ1v) is 10.1. The standard InChI is InChI=1S/C22H24BrNO4/c1-27-19-9-11-21(28-2)16(13-19)14-24(18-7-8-18)22(26)12-10-20(25)15-3-5-17(23)6-4-15/h3-6,9,11,13,18H,7-8,10,12,14H2,1-2H3. The van der Waals surface area contributed by atoms with Crippen LogP contribution in [0.2, 0.25) is 0 Å². The molecule has 0 N–H and O–H groups in total. The van der Waals surface area contributed by atoms with Gasteiger partial charge < -0.3 is 14.4 Å². The summed E-state index contributed by atoms with van der Waals surface area (Å²) in [6.07, 6.45) is 2.41. The maximum Gasteiger partial charge on any atom is 0.223 e. The Balaban J connectivity index is 1.66. The van der Waals surface area contributed by atoms with E-state index in [0.717, 1.165) is 34.4 Å². The first-order chi connectivity index (χ1) is 13.5. The highest BCUT2D eigenvalue weighted by Crippen LogP contribution is 2.32. The molecule has 0 radical (unpaired) electrons. The van der Waals surface area contributed by atoms with Gasteiger partial charge in [-0.25, -0.2) is 0 Å². The zero-order valence-electron chi connectivity index (χ0n) is 16.1. The molecular formula is C22H24BrNO4. The molecule has 0 spiro atoms. The van der Waals surface area contributed by atoms with Crippen LogP contribution in [0.25, 0.3) is 0 Å². The van der Waals surface area contributed by atoms with Gasteiger partial charge in [0.15, 0.2) is 5.78 Å². The summed E-state index contributed by atoms with van der Waals surface area (Å²) >= 11 is 3.36. The summed E-state index contributed by atoms with van der Waals surface area (Å²) in [5.41, 5.74) is 1.53. The molecule has 1 fully saturated rings. The Morgan fingerprint density at radius 2 is 1.75 bits per heavy atom. The molecule has 2 aromatic carbocycles. The van der Waals surface area contributed by atoms with Gasteiger partial charge in [-0.15, -0.1) is 0 Å². The maximum atomic E-state index is 12.9. The maximum absolute atomic E-state index is 12.9. The van der Waals surface area contributed by atoms with E-state index in [4.69, 9.17) is 9.47 Å². The molecule has 28 heavy (non-hydrogen) atoms. The lowest BCUT2D eigenvalue weighted by molar-refractivity contribution is -0.132. The Morgan fingerprint density at radius 3 is 2.36 bits per heavy atom. The second-order valence-corrected chi connectivity index (χ2v) is 7.78. The molecule has 2 aromatic rings. The van der Waals surface area contributed by atoms with Gasteiger partial charge in [-0.3, -0.25) is 9.59 Å². The Labute approximate surface area is 173 Å². The van der Waals surface area contributed by atoms with Gasteiger partial charge in [0.1, 0.15) is 11.5 Å². The van der Waals surface area contributed by atoms with Crippen molar-refractivity contribution in [3.8, 4) is 11.5 Å². The molecule has 1 aliphatic rings. The minimum atomic E-state index is -0.0180. The fraction of sp³-hybridized carbons (Fsp3) is 0.364. The number of Topliss-reactive ketones (excluding diaryl/α,β-unsaturated/α-hetero) is 1. The molecule has 0 bridgehead atoms. The molecule has 3 rings (SSSR count). The van der Waals surface area contributed by atoms with Crippen LogP contribution in [0.5, 0.6) is 11.5 Å². The fourth-order valence-electron chi connectivity index (χ4n) is 3.14. The Morgan fingerprint density at radius 1 is 1.04 bits per heavy atom. The van der Waals surface area contributed by atoms with E-state index in [2.05, 4.69) is 15.9 Å². The normalized spacial score (nSPS) is 13.1. The van der Waals surface area contributed by atoms with Gasteiger partial charge >= 0.3 is 0 Å². The third kappa shape index (κ3) is 5.13. The van der Waals surface area contributed by atoms with Gasteiger partial charge in [0.25, 0.3) is 0 Å². The summed E-state index contributed by atoms with van der Waals surface area (Å²) in [6, 6.07) is 13.0. The number of ether oxygens (including phenoxy) is 2. The van der Waals surface area contributed by atoms with E-state index in [1.165, 1.54) is 0 Å². The van der Waals surface area contributed by atoms with E-state index in [1.54, 1.807) is 26.4 Å². The summed E-state index contributed by atoms with van der Waals surface area (Å²) in [5.74, 6) is 1.43. The van der Waals surface area contributed by atoms with Gasteiger partial charge in [-0.1, -0.05) is 28.1 Å². The van der Waals surface area contributed by atoms with Crippen molar-refractivity contribution in [3.05, 3.63) is 58.1 Å². The second kappa shape index (κ2) is 9.24. The van der Waals surface area contributed by atoms with Crippen molar-refractivity contribution in [1.29, 1.82) is 0 Å². The van der Waals surface area contributed by atoms with Gasteiger partial charge in [0.2, 0.25) is 5.91 Å². The third-order valence-corrected chi connectivity index (χ3v) is 5.40. The number of hydrogen-bond donors (Lipinski definition) is 0. The molecule has 0 aliphatic heterocycles. The highest BCUT2D eigenvalue weighted by molar-refractivity contribution is 9.10. The molecule has 0 unspecified atom stereocenters. The molecule has 148 valence electrons. The van der Waals surface area contributed by atoms with Crippen LogP contribution in [0.15, 0.2) is 46.9 Å². The molecule has 1 aliphatic carbocycles. The average molecular weight is 446 g/mol. The predicted octanol–water partition coefficient (Wildman–Crippen LogP) is 4.62. The number of carbonyl (C=O) groups excluding carboxylic acids is 2. The summed E-state index contributed by atoms with van der Waals surface area (Å²) in [6.45, 7) is 0.455. The second-order valence-electron chi connectivity index (χ2n) is 6.86. The third-order valence-electron chi connectivity index (χ3n) is 4.87. The summed E-state index contributed by atoms with van der Waals surface area (Å²) in [4.78, 5) is 27.1. The molecule has 0 saturated heterocycles. The number of hydrogen-bond acceptors (Lipinski definition) is 4. The number of halogens is 1. The molecule has 5 nitrogen and oxygen atoms in total. The Hall–Kier alpha value is -2.34. The average Bonchev–Trinajstić information content (AvgIpc) is 3.55. The number of carbonyl (C=O) groups is 2. The number of rotatable bonds is 9. The summed E-state index contributed by atoms with van der Waals surface area (Å²) < 4.78 is 11.7. The van der Waals surface area contributed by atoms with Crippen LogP contribution in [-0.4, -0.2) is 36.9 Å². The van der Waals surface area contributed by atoms with E-state index in [0.29, 0.717) is 12.1 Å². The quantitative estimate of drug-likeness (QED) is 0.528. The largest absolute Gasteiger partial charge is 0.497 e. The lowest BCUT2D eigenvalue weighted by Crippen LogP contribution is -2.33. The van der Waals surface area contributed by atoms with Crippen molar-refractivity contribution < 1.29 is 19.1 Å². The van der Waals surface area contributed by atoms with Gasteiger partial charge in [-0.05, 0) is 43.2 Å². The zero-order valence-corrected chi connectivity index (χ0v) is 17.7. The van der Waals surface area contributed by atoms with Crippen LogP contribution < -0.4 is 9.47 Å². The molecule has 1 saturated carbocycles. The van der Waals surface area contributed by atoms with Crippen molar-refractivity contribution in [2.75, 3.05) is 14.2 Å². The van der Waals surface area contributed by atoms with E-state index in [-0.39, 0.29) is 30.6 Å². The SMILES string of the molecule is COc1ccc(OC)c(CN(C(=O)CCC(=O)c2ccc(Br)cc2)C2CC2)c1. The summed E-state index contributed by atoms with van der Waals surface area (Å²) in [7, 11) is 3.23. The molecular weight excluding hydrogens is 422 g/mol. The van der Waals surface area contributed by atoms with Crippen LogP contribution in [0, 0.1) is 0 Å². The van der Waals surface area contributed by atoms with E-state index in [1.807, 2.05) is 35.2 Å². The van der Waals surface area contributed by atoms with Crippen molar-refractivity contribution in [1.82, 2.24) is 4.90 Å². The van der Waals surface area contributed by atoms with Crippen molar-refractivity contribution >= 4 is 27.6 Å². The lowest BCUT2D eigenvalue weighted by atomic mass is 10.1. The number of methoxy groups -OCH3 is 2. The van der Waals surface area contributed by atoms with E-state index in [9.17, 15) is 9.59 Å². The first kappa shape index (κ1) is 20.4. The van der Waals surface area contributed by atoms with Crippen LogP contribution >= 0.6 is 15.9 Å². The van der Waals surface area contributed by atoms with Crippen molar-refractivity contribution in [2.24, 2.45) is 0 Å². The highest BCUT2D eigenvalue weighted by atomic mass is 79.9. The van der Waals surface area contributed by atoms with Crippen LogP contribution in [0.1, 0.15) is 41.6 Å². The van der Waals surface area contributed by atoms with Crippen LogP contribution in [0.4, 0.5) is 0 Å².